The Labute approximate surface area is 148 Å². The second-order valence-electron chi connectivity index (χ2n) is 6.02. The van der Waals surface area contributed by atoms with Crippen LogP contribution >= 0.6 is 11.3 Å². The molecule has 0 saturated heterocycles. The molecule has 1 aromatic heterocycles. The fourth-order valence-electron chi connectivity index (χ4n) is 2.94. The summed E-state index contributed by atoms with van der Waals surface area (Å²) in [6.45, 7) is 0. The third kappa shape index (κ3) is 3.06. The highest BCUT2D eigenvalue weighted by molar-refractivity contribution is 7.22. The zero-order chi connectivity index (χ0) is 17.4. The lowest BCUT2D eigenvalue weighted by Crippen LogP contribution is -2.14. The average Bonchev–Trinajstić information content (AvgIpc) is 3.35. The van der Waals surface area contributed by atoms with Crippen LogP contribution in [-0.4, -0.2) is 18.0 Å². The Morgan fingerprint density at radius 2 is 2.12 bits per heavy atom. The fourth-order valence-corrected chi connectivity index (χ4v) is 3.84. The van der Waals surface area contributed by atoms with Gasteiger partial charge in [-0.2, -0.15) is 5.26 Å². The number of hydrogen-bond donors (Lipinski definition) is 1. The van der Waals surface area contributed by atoms with Crippen LogP contribution in [0.1, 0.15) is 23.5 Å². The standard InChI is InChI=1S/C19H15N3O2S/c1-24-13-6-7-16-17(8-13)25-19(21-16)22-18(23)15-9-14(15)12-4-2-11(10-20)3-5-12/h2-8,14-15H,9H2,1H3,(H,21,22,23)/t14-,15+/m1/s1. The molecule has 5 nitrogen and oxygen atoms in total. The van der Waals surface area contributed by atoms with Crippen molar-refractivity contribution >= 4 is 32.6 Å². The number of amides is 1. The van der Waals surface area contributed by atoms with Gasteiger partial charge in [0.05, 0.1) is 29.0 Å². The first-order valence-electron chi connectivity index (χ1n) is 7.93. The van der Waals surface area contributed by atoms with Crippen LogP contribution < -0.4 is 10.1 Å². The number of benzene rings is 2. The zero-order valence-electron chi connectivity index (χ0n) is 13.5. The first-order chi connectivity index (χ1) is 12.2. The van der Waals surface area contributed by atoms with Crippen molar-refractivity contribution in [2.75, 3.05) is 12.4 Å². The molecular formula is C19H15N3O2S. The highest BCUT2D eigenvalue weighted by Gasteiger charge is 2.44. The van der Waals surface area contributed by atoms with E-state index < -0.39 is 0 Å². The van der Waals surface area contributed by atoms with Gasteiger partial charge in [0, 0.05) is 5.92 Å². The van der Waals surface area contributed by atoms with E-state index in [9.17, 15) is 4.79 Å². The lowest BCUT2D eigenvalue weighted by Gasteiger charge is -2.01. The van der Waals surface area contributed by atoms with Crippen LogP contribution in [0, 0.1) is 17.2 Å². The van der Waals surface area contributed by atoms with E-state index in [-0.39, 0.29) is 17.7 Å². The second kappa shape index (κ2) is 6.19. The molecule has 1 fully saturated rings. The maximum Gasteiger partial charge on any atom is 0.229 e. The van der Waals surface area contributed by atoms with Crippen molar-refractivity contribution in [1.29, 1.82) is 5.26 Å². The molecule has 6 heteroatoms. The molecule has 0 radical (unpaired) electrons. The molecule has 0 spiro atoms. The van der Waals surface area contributed by atoms with Crippen molar-refractivity contribution in [2.45, 2.75) is 12.3 Å². The van der Waals surface area contributed by atoms with Gasteiger partial charge in [-0.05, 0) is 48.2 Å². The Hall–Kier alpha value is -2.91. The zero-order valence-corrected chi connectivity index (χ0v) is 14.3. The van der Waals surface area contributed by atoms with Gasteiger partial charge in [0.1, 0.15) is 5.75 Å². The van der Waals surface area contributed by atoms with Crippen LogP contribution in [0.5, 0.6) is 5.75 Å². The SMILES string of the molecule is COc1ccc2nc(NC(=O)[C@H]3C[C@@H]3c3ccc(C#N)cc3)sc2c1. The number of nitriles is 1. The lowest BCUT2D eigenvalue weighted by atomic mass is 10.1. The number of thiazole rings is 1. The van der Waals surface area contributed by atoms with Crippen molar-refractivity contribution in [2.24, 2.45) is 5.92 Å². The van der Waals surface area contributed by atoms with Crippen LogP contribution in [0.2, 0.25) is 0 Å². The Balaban J connectivity index is 1.45. The molecule has 0 unspecified atom stereocenters. The number of hydrogen-bond acceptors (Lipinski definition) is 5. The minimum absolute atomic E-state index is 0.000353. The van der Waals surface area contributed by atoms with Gasteiger partial charge in [0.2, 0.25) is 5.91 Å². The minimum Gasteiger partial charge on any atom is -0.497 e. The molecule has 1 amide bonds. The molecule has 1 aliphatic rings. The summed E-state index contributed by atoms with van der Waals surface area (Å²) in [5.74, 6) is 0.967. The quantitative estimate of drug-likeness (QED) is 0.775. The third-order valence-corrected chi connectivity index (χ3v) is 5.35. The summed E-state index contributed by atoms with van der Waals surface area (Å²) >= 11 is 1.44. The van der Waals surface area contributed by atoms with Crippen LogP contribution in [0.4, 0.5) is 5.13 Å². The molecule has 1 aliphatic carbocycles. The number of rotatable bonds is 4. The number of anilines is 1. The summed E-state index contributed by atoms with van der Waals surface area (Å²) < 4.78 is 6.19. The first-order valence-corrected chi connectivity index (χ1v) is 8.75. The summed E-state index contributed by atoms with van der Waals surface area (Å²) in [5.41, 5.74) is 2.59. The monoisotopic (exact) mass is 349 g/mol. The van der Waals surface area contributed by atoms with E-state index in [1.807, 2.05) is 30.3 Å². The topological polar surface area (TPSA) is 75.0 Å². The van der Waals surface area contributed by atoms with E-state index in [0.29, 0.717) is 10.7 Å². The van der Waals surface area contributed by atoms with Crippen molar-refractivity contribution in [3.05, 3.63) is 53.6 Å². The van der Waals surface area contributed by atoms with Gasteiger partial charge in [-0.1, -0.05) is 23.5 Å². The summed E-state index contributed by atoms with van der Waals surface area (Å²) in [5, 5.41) is 12.4. The lowest BCUT2D eigenvalue weighted by molar-refractivity contribution is -0.117. The smallest absolute Gasteiger partial charge is 0.229 e. The number of nitrogens with one attached hydrogen (secondary N) is 1. The number of nitrogens with zero attached hydrogens (tertiary/aromatic N) is 2. The van der Waals surface area contributed by atoms with Gasteiger partial charge in [-0.25, -0.2) is 4.98 Å². The predicted octanol–water partition coefficient (Wildman–Crippen LogP) is 3.92. The van der Waals surface area contributed by atoms with Crippen molar-refractivity contribution in [3.63, 3.8) is 0 Å². The molecule has 2 atom stereocenters. The number of aromatic nitrogens is 1. The molecule has 1 N–H and O–H groups in total. The number of methoxy groups -OCH3 is 1. The number of fused-ring (bicyclic) bond motifs is 1. The van der Waals surface area contributed by atoms with Gasteiger partial charge in [-0.3, -0.25) is 4.79 Å². The molecule has 3 aromatic rings. The molecule has 1 heterocycles. The number of ether oxygens (including phenoxy) is 1. The van der Waals surface area contributed by atoms with E-state index in [0.717, 1.165) is 28.0 Å². The molecule has 4 rings (SSSR count). The van der Waals surface area contributed by atoms with E-state index in [2.05, 4.69) is 16.4 Å². The van der Waals surface area contributed by atoms with Crippen molar-refractivity contribution in [1.82, 2.24) is 4.98 Å². The predicted molar refractivity (Wildman–Crippen MR) is 96.8 cm³/mol. The minimum atomic E-state index is -0.0329. The normalized spacial score (nSPS) is 18.6. The molecular weight excluding hydrogens is 334 g/mol. The number of carbonyl (C=O) groups excluding carboxylic acids is 1. The molecule has 0 aliphatic heterocycles. The summed E-state index contributed by atoms with van der Waals surface area (Å²) in [6.07, 6.45) is 0.830. The van der Waals surface area contributed by atoms with Crippen molar-refractivity contribution < 1.29 is 9.53 Å². The van der Waals surface area contributed by atoms with E-state index in [1.54, 1.807) is 19.2 Å². The van der Waals surface area contributed by atoms with Gasteiger partial charge in [0.15, 0.2) is 5.13 Å². The highest BCUT2D eigenvalue weighted by atomic mass is 32.1. The van der Waals surface area contributed by atoms with Crippen LogP contribution in [0.25, 0.3) is 10.2 Å². The Morgan fingerprint density at radius 1 is 1.32 bits per heavy atom. The maximum absolute atomic E-state index is 12.5. The third-order valence-electron chi connectivity index (χ3n) is 4.42. The largest absolute Gasteiger partial charge is 0.497 e. The second-order valence-corrected chi connectivity index (χ2v) is 7.06. The van der Waals surface area contributed by atoms with Gasteiger partial charge in [-0.15, -0.1) is 0 Å². The average molecular weight is 349 g/mol. The highest BCUT2D eigenvalue weighted by Crippen LogP contribution is 2.48. The van der Waals surface area contributed by atoms with Crippen molar-refractivity contribution in [3.8, 4) is 11.8 Å². The van der Waals surface area contributed by atoms with Gasteiger partial charge in [0.25, 0.3) is 0 Å². The molecule has 25 heavy (non-hydrogen) atoms. The summed E-state index contributed by atoms with van der Waals surface area (Å²) in [4.78, 5) is 16.9. The first kappa shape index (κ1) is 15.6. The molecule has 2 aromatic carbocycles. The summed E-state index contributed by atoms with van der Waals surface area (Å²) in [7, 11) is 1.63. The Bertz CT molecular complexity index is 988. The maximum atomic E-state index is 12.5. The molecule has 124 valence electrons. The van der Waals surface area contributed by atoms with Crippen LogP contribution in [0.15, 0.2) is 42.5 Å². The van der Waals surface area contributed by atoms with Crippen LogP contribution in [0.3, 0.4) is 0 Å². The molecule has 0 bridgehead atoms. The Morgan fingerprint density at radius 3 is 2.84 bits per heavy atom. The molecule has 1 saturated carbocycles. The van der Waals surface area contributed by atoms with E-state index >= 15 is 0 Å². The van der Waals surface area contributed by atoms with Gasteiger partial charge >= 0.3 is 0 Å². The van der Waals surface area contributed by atoms with Crippen LogP contribution in [-0.2, 0) is 4.79 Å². The van der Waals surface area contributed by atoms with Gasteiger partial charge < -0.3 is 10.1 Å². The Kier molecular flexibility index (Phi) is 3.86. The van der Waals surface area contributed by atoms with E-state index in [4.69, 9.17) is 10.00 Å². The van der Waals surface area contributed by atoms with E-state index in [1.165, 1.54) is 11.3 Å². The summed E-state index contributed by atoms with van der Waals surface area (Å²) in [6, 6.07) is 15.2. The fraction of sp³-hybridized carbons (Fsp3) is 0.211. The number of carbonyl (C=O) groups is 1.